The second-order valence-corrected chi connectivity index (χ2v) is 4.52. The zero-order valence-corrected chi connectivity index (χ0v) is 11.5. The minimum absolute atomic E-state index is 0.103. The van der Waals surface area contributed by atoms with Crippen LogP contribution in [0.15, 0.2) is 24.3 Å². The van der Waals surface area contributed by atoms with E-state index in [1.54, 1.807) is 19.1 Å². The lowest BCUT2D eigenvalue weighted by molar-refractivity contribution is 0.101. The predicted molar refractivity (Wildman–Crippen MR) is 75.6 cm³/mol. The fraction of sp³-hybridized carbons (Fsp3) is 0.154. The van der Waals surface area contributed by atoms with E-state index in [1.165, 1.54) is 0 Å². The van der Waals surface area contributed by atoms with Crippen LogP contribution in [0.2, 0.25) is 0 Å². The van der Waals surface area contributed by atoms with Gasteiger partial charge in [-0.05, 0) is 26.0 Å². The number of anilines is 1. The number of carbonyl (C=O) groups excluding carboxylic acids is 1. The number of aryl methyl sites for hydroxylation is 2. The highest BCUT2D eigenvalue weighted by atomic mass is 16.2. The van der Waals surface area contributed by atoms with Gasteiger partial charge in [0.1, 0.15) is 11.6 Å². The van der Waals surface area contributed by atoms with Gasteiger partial charge in [0.05, 0.1) is 0 Å². The van der Waals surface area contributed by atoms with Crippen LogP contribution < -0.4 is 5.32 Å². The number of hydrogen-bond acceptors (Lipinski definition) is 5. The van der Waals surface area contributed by atoms with E-state index in [2.05, 4.69) is 35.7 Å². The number of carbonyl (C=O) groups is 1. The third-order valence-electron chi connectivity index (χ3n) is 2.78. The molecule has 0 bridgehead atoms. The Labute approximate surface area is 120 Å². The van der Waals surface area contributed by atoms with Crippen molar-refractivity contribution in [2.24, 2.45) is 0 Å². The van der Waals surface area contributed by atoms with E-state index in [0.717, 1.165) is 11.4 Å². The van der Waals surface area contributed by atoms with Crippen molar-refractivity contribution in [2.75, 3.05) is 5.32 Å². The summed E-state index contributed by atoms with van der Waals surface area (Å²) >= 11 is 0. The molecule has 1 aromatic carbocycles. The molecule has 1 amide bonds. The van der Waals surface area contributed by atoms with Crippen LogP contribution in [0.3, 0.4) is 0 Å². The topological polar surface area (TPSA) is 112 Å². The van der Waals surface area contributed by atoms with Crippen LogP contribution in [0.5, 0.6) is 0 Å². The van der Waals surface area contributed by atoms with E-state index in [-0.39, 0.29) is 11.7 Å². The molecule has 0 saturated heterocycles. The minimum atomic E-state index is -0.373. The van der Waals surface area contributed by atoms with Gasteiger partial charge in [-0.3, -0.25) is 15.0 Å². The maximum absolute atomic E-state index is 12.0. The summed E-state index contributed by atoms with van der Waals surface area (Å²) in [5.41, 5.74) is 1.44. The number of hydrogen-bond donors (Lipinski definition) is 3. The molecule has 0 fully saturated rings. The Morgan fingerprint density at radius 1 is 1.10 bits per heavy atom. The first-order chi connectivity index (χ1) is 10.1. The Morgan fingerprint density at radius 3 is 2.52 bits per heavy atom. The smallest absolute Gasteiger partial charge is 0.295 e. The second kappa shape index (κ2) is 5.16. The number of benzene rings is 1. The summed E-state index contributed by atoms with van der Waals surface area (Å²) in [6, 6.07) is 7.26. The molecule has 8 nitrogen and oxygen atoms in total. The Balaban J connectivity index is 1.82. The first-order valence-electron chi connectivity index (χ1n) is 6.31. The number of nitrogens with zero attached hydrogens (tertiary/aromatic N) is 4. The summed E-state index contributed by atoms with van der Waals surface area (Å²) < 4.78 is 0. The summed E-state index contributed by atoms with van der Waals surface area (Å²) in [5, 5.41) is 16.1. The van der Waals surface area contributed by atoms with Crippen LogP contribution in [-0.2, 0) is 0 Å². The fourth-order valence-corrected chi connectivity index (χ4v) is 1.84. The van der Waals surface area contributed by atoms with Crippen LogP contribution >= 0.6 is 0 Å². The van der Waals surface area contributed by atoms with Gasteiger partial charge in [-0.2, -0.15) is 5.10 Å². The summed E-state index contributed by atoms with van der Waals surface area (Å²) in [7, 11) is 0. The third kappa shape index (κ3) is 2.78. The van der Waals surface area contributed by atoms with Crippen molar-refractivity contribution in [3.05, 3.63) is 41.7 Å². The van der Waals surface area contributed by atoms with Crippen LogP contribution in [0.4, 0.5) is 5.69 Å². The number of nitrogens with one attached hydrogen (secondary N) is 3. The van der Waals surface area contributed by atoms with Crippen molar-refractivity contribution in [1.82, 2.24) is 30.4 Å². The summed E-state index contributed by atoms with van der Waals surface area (Å²) in [6.07, 6.45) is 0. The molecule has 3 aromatic rings. The van der Waals surface area contributed by atoms with E-state index in [1.807, 2.05) is 19.1 Å². The summed E-state index contributed by atoms with van der Waals surface area (Å²) in [5.74, 6) is 1.63. The summed E-state index contributed by atoms with van der Waals surface area (Å²) in [4.78, 5) is 20.2. The highest BCUT2D eigenvalue weighted by molar-refractivity contribution is 6.01. The van der Waals surface area contributed by atoms with Crippen molar-refractivity contribution in [3.63, 3.8) is 0 Å². The highest BCUT2D eigenvalue weighted by Crippen LogP contribution is 2.19. The standard InChI is InChI=1S/C13H13N7O/c1-7-14-11(19-17-7)9-4-3-5-10(6-9)16-13(21)12-15-8(2)18-20-12/h3-6H,1-2H3,(H,16,21)(H,14,17,19)(H,15,18,20). The molecule has 0 aliphatic heterocycles. The lowest BCUT2D eigenvalue weighted by atomic mass is 10.2. The molecule has 0 aliphatic carbocycles. The quantitative estimate of drug-likeness (QED) is 0.673. The van der Waals surface area contributed by atoms with Gasteiger partial charge in [-0.25, -0.2) is 9.97 Å². The van der Waals surface area contributed by atoms with Crippen molar-refractivity contribution in [3.8, 4) is 11.4 Å². The van der Waals surface area contributed by atoms with E-state index >= 15 is 0 Å². The van der Waals surface area contributed by atoms with E-state index in [4.69, 9.17) is 0 Å². The molecule has 106 valence electrons. The molecule has 0 spiro atoms. The largest absolute Gasteiger partial charge is 0.319 e. The van der Waals surface area contributed by atoms with E-state index in [0.29, 0.717) is 17.3 Å². The van der Waals surface area contributed by atoms with Crippen LogP contribution in [0.1, 0.15) is 22.3 Å². The fourth-order valence-electron chi connectivity index (χ4n) is 1.84. The SMILES string of the molecule is Cc1nc(C(=O)Nc2cccc(-c3n[nH]c(C)n3)c2)n[nH]1. The molecule has 3 rings (SSSR count). The van der Waals surface area contributed by atoms with Crippen LogP contribution in [0, 0.1) is 13.8 Å². The third-order valence-corrected chi connectivity index (χ3v) is 2.78. The Bertz CT molecular complexity index is 789. The summed E-state index contributed by atoms with van der Waals surface area (Å²) in [6.45, 7) is 3.56. The molecule has 2 heterocycles. The maximum Gasteiger partial charge on any atom is 0.295 e. The normalized spacial score (nSPS) is 10.6. The van der Waals surface area contributed by atoms with E-state index < -0.39 is 0 Å². The lowest BCUT2D eigenvalue weighted by Crippen LogP contribution is -2.13. The number of rotatable bonds is 3. The molecule has 0 radical (unpaired) electrons. The first-order valence-corrected chi connectivity index (χ1v) is 6.31. The minimum Gasteiger partial charge on any atom is -0.319 e. The molecule has 0 unspecified atom stereocenters. The molecule has 21 heavy (non-hydrogen) atoms. The zero-order valence-electron chi connectivity index (χ0n) is 11.5. The van der Waals surface area contributed by atoms with Crippen LogP contribution in [-0.4, -0.2) is 36.3 Å². The monoisotopic (exact) mass is 283 g/mol. The molecule has 8 heteroatoms. The molecule has 3 N–H and O–H groups in total. The van der Waals surface area contributed by atoms with Gasteiger partial charge in [0.15, 0.2) is 5.82 Å². The molecule has 0 saturated carbocycles. The van der Waals surface area contributed by atoms with Gasteiger partial charge >= 0.3 is 0 Å². The first kappa shape index (κ1) is 13.0. The average molecular weight is 283 g/mol. The van der Waals surface area contributed by atoms with Gasteiger partial charge in [-0.1, -0.05) is 12.1 Å². The lowest BCUT2D eigenvalue weighted by Gasteiger charge is -2.03. The zero-order chi connectivity index (χ0) is 14.8. The number of H-pyrrole nitrogens is 2. The predicted octanol–water partition coefficient (Wildman–Crippen LogP) is 1.46. The molecule has 0 aliphatic rings. The average Bonchev–Trinajstić information content (AvgIpc) is 3.08. The van der Waals surface area contributed by atoms with Gasteiger partial charge < -0.3 is 5.32 Å². The molecule has 2 aromatic heterocycles. The Hall–Kier alpha value is -3.03. The molecule has 0 atom stereocenters. The van der Waals surface area contributed by atoms with Crippen LogP contribution in [0.25, 0.3) is 11.4 Å². The number of aromatic nitrogens is 6. The maximum atomic E-state index is 12.0. The van der Waals surface area contributed by atoms with E-state index in [9.17, 15) is 4.79 Å². The Kier molecular flexibility index (Phi) is 3.19. The Morgan fingerprint density at radius 2 is 1.86 bits per heavy atom. The van der Waals surface area contributed by atoms with Gasteiger partial charge in [0, 0.05) is 11.3 Å². The van der Waals surface area contributed by atoms with Crippen molar-refractivity contribution in [1.29, 1.82) is 0 Å². The number of aromatic amines is 2. The highest BCUT2D eigenvalue weighted by Gasteiger charge is 2.12. The van der Waals surface area contributed by atoms with Gasteiger partial charge in [0.2, 0.25) is 5.82 Å². The molecular weight excluding hydrogens is 270 g/mol. The van der Waals surface area contributed by atoms with Crippen molar-refractivity contribution < 1.29 is 4.79 Å². The second-order valence-electron chi connectivity index (χ2n) is 4.52. The van der Waals surface area contributed by atoms with Gasteiger partial charge in [0.25, 0.3) is 5.91 Å². The number of amides is 1. The van der Waals surface area contributed by atoms with Crippen molar-refractivity contribution in [2.45, 2.75) is 13.8 Å². The molecular formula is C13H13N7O. The van der Waals surface area contributed by atoms with Gasteiger partial charge in [-0.15, -0.1) is 5.10 Å². The van der Waals surface area contributed by atoms with Crippen molar-refractivity contribution >= 4 is 11.6 Å².